The Bertz CT molecular complexity index is 378. The second-order valence-corrected chi connectivity index (χ2v) is 4.77. The number of hydrogen-bond acceptors (Lipinski definition) is 1. The molecule has 1 aromatic carbocycles. The minimum Gasteiger partial charge on any atom is -0.313 e. The molecule has 1 aliphatic carbocycles. The highest BCUT2D eigenvalue weighted by molar-refractivity contribution is 5.24. The van der Waals surface area contributed by atoms with Gasteiger partial charge in [-0.3, -0.25) is 0 Å². The molecule has 1 fully saturated rings. The molecule has 2 rings (SSSR count). The fourth-order valence-electron chi connectivity index (χ4n) is 2.68. The molecule has 1 saturated carbocycles. The Kier molecular flexibility index (Phi) is 4.11. The fourth-order valence-corrected chi connectivity index (χ4v) is 2.68. The van der Waals surface area contributed by atoms with Crippen LogP contribution >= 0.6 is 0 Å². The molecule has 1 nitrogen and oxygen atoms in total. The lowest BCUT2D eigenvalue weighted by Crippen LogP contribution is -2.31. The molecule has 0 spiro atoms. The zero-order valence-corrected chi connectivity index (χ0v) is 10.2. The van der Waals surface area contributed by atoms with Gasteiger partial charge in [-0.2, -0.15) is 0 Å². The van der Waals surface area contributed by atoms with Gasteiger partial charge in [0.1, 0.15) is 0 Å². The average Bonchev–Trinajstić information content (AvgIpc) is 2.78. The van der Waals surface area contributed by atoms with Crippen molar-refractivity contribution in [2.75, 3.05) is 6.54 Å². The zero-order chi connectivity index (χ0) is 12.3. The minimum atomic E-state index is -0.759. The second kappa shape index (κ2) is 5.58. The SMILES string of the molecule is CCCNC1CCCC1c1ccc(F)c(F)c1. The zero-order valence-electron chi connectivity index (χ0n) is 10.2. The predicted molar refractivity (Wildman–Crippen MR) is 65.0 cm³/mol. The van der Waals surface area contributed by atoms with E-state index in [0.29, 0.717) is 12.0 Å². The smallest absolute Gasteiger partial charge is 0.159 e. The molecular weight excluding hydrogens is 220 g/mol. The molecule has 1 aromatic rings. The Hall–Kier alpha value is -0.960. The fraction of sp³-hybridized carbons (Fsp3) is 0.571. The van der Waals surface area contributed by atoms with E-state index >= 15 is 0 Å². The summed E-state index contributed by atoms with van der Waals surface area (Å²) in [7, 11) is 0. The van der Waals surface area contributed by atoms with Gasteiger partial charge in [0, 0.05) is 6.04 Å². The summed E-state index contributed by atoms with van der Waals surface area (Å²) in [6, 6.07) is 4.72. The highest BCUT2D eigenvalue weighted by Gasteiger charge is 2.28. The molecule has 0 bridgehead atoms. The van der Waals surface area contributed by atoms with Crippen LogP contribution in [0.1, 0.15) is 44.1 Å². The van der Waals surface area contributed by atoms with Crippen LogP contribution < -0.4 is 5.32 Å². The topological polar surface area (TPSA) is 12.0 Å². The van der Waals surface area contributed by atoms with Gasteiger partial charge >= 0.3 is 0 Å². The Morgan fingerprint density at radius 3 is 2.76 bits per heavy atom. The van der Waals surface area contributed by atoms with E-state index in [9.17, 15) is 8.78 Å². The van der Waals surface area contributed by atoms with Crippen LogP contribution in [0.2, 0.25) is 0 Å². The normalized spacial score (nSPS) is 24.2. The quantitative estimate of drug-likeness (QED) is 0.846. The van der Waals surface area contributed by atoms with Crippen molar-refractivity contribution < 1.29 is 8.78 Å². The Balaban J connectivity index is 2.11. The molecule has 3 heteroatoms. The Labute approximate surface area is 101 Å². The van der Waals surface area contributed by atoms with Crippen molar-refractivity contribution >= 4 is 0 Å². The maximum Gasteiger partial charge on any atom is 0.159 e. The Morgan fingerprint density at radius 1 is 1.24 bits per heavy atom. The lowest BCUT2D eigenvalue weighted by atomic mass is 9.94. The third kappa shape index (κ3) is 2.83. The first kappa shape index (κ1) is 12.5. The van der Waals surface area contributed by atoms with Crippen LogP contribution in [0.25, 0.3) is 0 Å². The monoisotopic (exact) mass is 239 g/mol. The third-order valence-corrected chi connectivity index (χ3v) is 3.54. The van der Waals surface area contributed by atoms with Crippen LogP contribution in [0, 0.1) is 11.6 Å². The molecule has 0 amide bonds. The van der Waals surface area contributed by atoms with Gasteiger partial charge in [-0.05, 0) is 49.4 Å². The number of nitrogens with one attached hydrogen (secondary N) is 1. The van der Waals surface area contributed by atoms with Crippen molar-refractivity contribution in [1.29, 1.82) is 0 Å². The summed E-state index contributed by atoms with van der Waals surface area (Å²) in [6.45, 7) is 3.12. The van der Waals surface area contributed by atoms with E-state index in [-0.39, 0.29) is 0 Å². The second-order valence-electron chi connectivity index (χ2n) is 4.77. The van der Waals surface area contributed by atoms with Crippen molar-refractivity contribution in [1.82, 2.24) is 5.32 Å². The largest absolute Gasteiger partial charge is 0.313 e. The van der Waals surface area contributed by atoms with Crippen molar-refractivity contribution in [2.24, 2.45) is 0 Å². The average molecular weight is 239 g/mol. The molecular formula is C14H19F2N. The molecule has 0 heterocycles. The summed E-state index contributed by atoms with van der Waals surface area (Å²) in [4.78, 5) is 0. The third-order valence-electron chi connectivity index (χ3n) is 3.54. The first-order valence-electron chi connectivity index (χ1n) is 6.40. The first-order valence-corrected chi connectivity index (χ1v) is 6.40. The molecule has 17 heavy (non-hydrogen) atoms. The van der Waals surface area contributed by atoms with Gasteiger partial charge in [0.05, 0.1) is 0 Å². The standard InChI is InChI=1S/C14H19F2N/c1-2-8-17-14-5-3-4-11(14)10-6-7-12(15)13(16)9-10/h6-7,9,11,14,17H,2-5,8H2,1H3. The molecule has 0 aliphatic heterocycles. The summed E-state index contributed by atoms with van der Waals surface area (Å²) in [5.74, 6) is -1.16. The lowest BCUT2D eigenvalue weighted by Gasteiger charge is -2.21. The highest BCUT2D eigenvalue weighted by Crippen LogP contribution is 2.35. The van der Waals surface area contributed by atoms with Crippen LogP contribution in [-0.4, -0.2) is 12.6 Å². The van der Waals surface area contributed by atoms with Crippen LogP contribution in [0.3, 0.4) is 0 Å². The van der Waals surface area contributed by atoms with E-state index in [1.54, 1.807) is 6.07 Å². The summed E-state index contributed by atoms with van der Waals surface area (Å²) in [5, 5.41) is 3.50. The van der Waals surface area contributed by atoms with Crippen LogP contribution in [0.4, 0.5) is 8.78 Å². The van der Waals surface area contributed by atoms with Gasteiger partial charge in [-0.15, -0.1) is 0 Å². The minimum absolute atomic E-state index is 0.330. The van der Waals surface area contributed by atoms with E-state index in [1.807, 2.05) is 0 Å². The molecule has 0 saturated heterocycles. The molecule has 0 radical (unpaired) electrons. The lowest BCUT2D eigenvalue weighted by molar-refractivity contribution is 0.470. The molecule has 1 aliphatic rings. The summed E-state index contributed by atoms with van der Waals surface area (Å²) in [5.41, 5.74) is 0.926. The van der Waals surface area contributed by atoms with E-state index in [1.165, 1.54) is 12.1 Å². The summed E-state index contributed by atoms with van der Waals surface area (Å²) in [6.07, 6.45) is 4.45. The summed E-state index contributed by atoms with van der Waals surface area (Å²) < 4.78 is 26.1. The molecule has 1 N–H and O–H groups in total. The Morgan fingerprint density at radius 2 is 2.06 bits per heavy atom. The van der Waals surface area contributed by atoms with Crippen molar-refractivity contribution in [2.45, 2.75) is 44.6 Å². The van der Waals surface area contributed by atoms with Gasteiger partial charge in [-0.25, -0.2) is 8.78 Å². The van der Waals surface area contributed by atoms with E-state index in [2.05, 4.69) is 12.2 Å². The van der Waals surface area contributed by atoms with Crippen LogP contribution in [0.5, 0.6) is 0 Å². The van der Waals surface area contributed by atoms with Gasteiger partial charge in [0.2, 0.25) is 0 Å². The van der Waals surface area contributed by atoms with Crippen molar-refractivity contribution in [3.63, 3.8) is 0 Å². The van der Waals surface area contributed by atoms with Crippen molar-refractivity contribution in [3.8, 4) is 0 Å². The summed E-state index contributed by atoms with van der Waals surface area (Å²) >= 11 is 0. The van der Waals surface area contributed by atoms with Crippen molar-refractivity contribution in [3.05, 3.63) is 35.4 Å². The number of rotatable bonds is 4. The van der Waals surface area contributed by atoms with E-state index in [0.717, 1.165) is 37.8 Å². The van der Waals surface area contributed by atoms with Gasteiger partial charge in [-0.1, -0.05) is 19.4 Å². The highest BCUT2D eigenvalue weighted by atomic mass is 19.2. The first-order chi connectivity index (χ1) is 8.22. The maximum absolute atomic E-state index is 13.2. The predicted octanol–water partition coefficient (Wildman–Crippen LogP) is 3.60. The molecule has 0 aromatic heterocycles. The molecule has 2 atom stereocenters. The van der Waals surface area contributed by atoms with Gasteiger partial charge in [0.15, 0.2) is 11.6 Å². The van der Waals surface area contributed by atoms with E-state index < -0.39 is 11.6 Å². The van der Waals surface area contributed by atoms with Gasteiger partial charge in [0.25, 0.3) is 0 Å². The molecule has 2 unspecified atom stereocenters. The number of benzene rings is 1. The number of halogens is 2. The van der Waals surface area contributed by atoms with Crippen LogP contribution in [0.15, 0.2) is 18.2 Å². The van der Waals surface area contributed by atoms with Gasteiger partial charge < -0.3 is 5.32 Å². The number of hydrogen-bond donors (Lipinski definition) is 1. The van der Waals surface area contributed by atoms with E-state index in [4.69, 9.17) is 0 Å². The molecule has 94 valence electrons. The maximum atomic E-state index is 13.2. The van der Waals surface area contributed by atoms with Crippen LogP contribution in [-0.2, 0) is 0 Å².